The minimum atomic E-state index is -0.266. The number of anilines is 1. The van der Waals surface area contributed by atoms with Crippen LogP contribution in [0.2, 0.25) is 5.02 Å². The highest BCUT2D eigenvalue weighted by Crippen LogP contribution is 2.24. The summed E-state index contributed by atoms with van der Waals surface area (Å²) in [7, 11) is 0. The van der Waals surface area contributed by atoms with Gasteiger partial charge < -0.3 is 0 Å². The van der Waals surface area contributed by atoms with Gasteiger partial charge in [-0.2, -0.15) is 10.1 Å². The van der Waals surface area contributed by atoms with Crippen LogP contribution < -0.4 is 10.6 Å². The predicted octanol–water partition coefficient (Wildman–Crippen LogP) is 3.93. The number of aromatic amines is 1. The van der Waals surface area contributed by atoms with Gasteiger partial charge in [-0.1, -0.05) is 35.9 Å². The van der Waals surface area contributed by atoms with E-state index in [4.69, 9.17) is 11.6 Å². The first kappa shape index (κ1) is 18.0. The molecule has 0 atom stereocenters. The van der Waals surface area contributed by atoms with Gasteiger partial charge >= 0.3 is 0 Å². The van der Waals surface area contributed by atoms with Gasteiger partial charge in [-0.3, -0.25) is 14.7 Å². The lowest BCUT2D eigenvalue weighted by molar-refractivity contribution is -0.114. The largest absolute Gasteiger partial charge is 0.295 e. The fourth-order valence-electron chi connectivity index (χ4n) is 3.10. The Balaban J connectivity index is 1.75. The minimum Gasteiger partial charge on any atom is -0.295 e. The molecule has 28 heavy (non-hydrogen) atoms. The van der Waals surface area contributed by atoms with Crippen molar-refractivity contribution in [3.63, 3.8) is 0 Å². The van der Waals surface area contributed by atoms with Crippen molar-refractivity contribution in [2.45, 2.75) is 13.8 Å². The number of H-pyrrole nitrogens is 1. The van der Waals surface area contributed by atoms with Crippen molar-refractivity contribution in [3.8, 4) is 5.69 Å². The van der Waals surface area contributed by atoms with Crippen LogP contribution in [-0.2, 0) is 4.79 Å². The maximum atomic E-state index is 12.9. The van der Waals surface area contributed by atoms with Crippen molar-refractivity contribution in [1.29, 1.82) is 0 Å². The number of carbonyl (C=O) groups excluding carboxylic acids is 1. The van der Waals surface area contributed by atoms with Crippen LogP contribution in [0.4, 0.5) is 5.69 Å². The fourth-order valence-corrected chi connectivity index (χ4v) is 3.28. The van der Waals surface area contributed by atoms with Crippen LogP contribution in [0.5, 0.6) is 0 Å². The Kier molecular flexibility index (Phi) is 4.49. The first-order chi connectivity index (χ1) is 13.5. The number of nitrogens with zero attached hydrogens (tertiary/aromatic N) is 3. The van der Waals surface area contributed by atoms with Gasteiger partial charge in [0.15, 0.2) is 0 Å². The Hall–Kier alpha value is -3.38. The van der Waals surface area contributed by atoms with E-state index < -0.39 is 0 Å². The molecule has 0 fully saturated rings. The highest BCUT2D eigenvalue weighted by atomic mass is 35.5. The Morgan fingerprint density at radius 3 is 2.43 bits per heavy atom. The molecule has 1 amide bonds. The predicted molar refractivity (Wildman–Crippen MR) is 111 cm³/mol. The molecule has 0 aliphatic carbocycles. The molecule has 0 radical (unpaired) electrons. The molecular weight excluding hydrogens is 376 g/mol. The summed E-state index contributed by atoms with van der Waals surface area (Å²) in [4.78, 5) is 25.8. The van der Waals surface area contributed by atoms with Gasteiger partial charge in [-0.15, -0.1) is 0 Å². The van der Waals surface area contributed by atoms with Crippen LogP contribution in [0.1, 0.15) is 18.2 Å². The standard InChI is InChI=1S/C21H17ClN4O2/c1-13-18(20(27)25(23-13)16-8-4-3-5-9-16)12-19-14(2)24-26(21(19)28)17-10-6-7-15(22)11-17/h3-12,24H,1-2H3/b18-12+. The minimum absolute atomic E-state index is 0.258. The second-order valence-electron chi connectivity index (χ2n) is 6.47. The molecule has 2 aromatic carbocycles. The van der Waals surface area contributed by atoms with E-state index >= 15 is 0 Å². The van der Waals surface area contributed by atoms with Crippen LogP contribution in [0.15, 0.2) is 70.1 Å². The van der Waals surface area contributed by atoms with Crippen molar-refractivity contribution >= 4 is 35.0 Å². The molecular formula is C21H17ClN4O2. The molecule has 1 aromatic heterocycles. The number of hydrogen-bond donors (Lipinski definition) is 1. The summed E-state index contributed by atoms with van der Waals surface area (Å²) >= 11 is 6.04. The molecule has 7 heteroatoms. The SMILES string of the molecule is CC1=NN(c2ccccc2)C(=O)/C1=C/c1c(C)[nH]n(-c2cccc(Cl)c2)c1=O. The number of aromatic nitrogens is 2. The molecule has 0 saturated heterocycles. The topological polar surface area (TPSA) is 70.5 Å². The molecule has 4 rings (SSSR count). The number of amides is 1. The molecule has 1 N–H and O–H groups in total. The van der Waals surface area contributed by atoms with Crippen molar-refractivity contribution in [2.24, 2.45) is 5.10 Å². The summed E-state index contributed by atoms with van der Waals surface area (Å²) in [5, 5.41) is 9.27. The van der Waals surface area contributed by atoms with Crippen LogP contribution in [0.3, 0.4) is 0 Å². The first-order valence-corrected chi connectivity index (χ1v) is 9.08. The van der Waals surface area contributed by atoms with Crippen LogP contribution in [0, 0.1) is 6.92 Å². The number of para-hydroxylation sites is 1. The molecule has 6 nitrogen and oxygen atoms in total. The summed E-state index contributed by atoms with van der Waals surface area (Å²) in [5.41, 5.74) is 3.05. The number of hydrogen-bond acceptors (Lipinski definition) is 3. The second-order valence-corrected chi connectivity index (χ2v) is 6.90. The monoisotopic (exact) mass is 392 g/mol. The number of rotatable bonds is 3. The molecule has 0 saturated carbocycles. The maximum absolute atomic E-state index is 12.9. The van der Waals surface area contributed by atoms with Gasteiger partial charge in [0.1, 0.15) is 0 Å². The number of nitrogens with one attached hydrogen (secondary N) is 1. The van der Waals surface area contributed by atoms with Gasteiger partial charge in [-0.25, -0.2) is 4.68 Å². The lowest BCUT2D eigenvalue weighted by Crippen LogP contribution is -2.21. The highest BCUT2D eigenvalue weighted by molar-refractivity contribution is 6.32. The zero-order valence-corrected chi connectivity index (χ0v) is 16.1. The van der Waals surface area contributed by atoms with Crippen molar-refractivity contribution in [2.75, 3.05) is 5.01 Å². The molecule has 3 aromatic rings. The van der Waals surface area contributed by atoms with Gasteiger partial charge in [0, 0.05) is 10.7 Å². The Morgan fingerprint density at radius 1 is 1.00 bits per heavy atom. The number of benzene rings is 2. The van der Waals surface area contributed by atoms with Gasteiger partial charge in [0.25, 0.3) is 11.5 Å². The van der Waals surface area contributed by atoms with E-state index in [1.165, 1.54) is 9.69 Å². The third kappa shape index (κ3) is 3.08. The average Bonchev–Trinajstić information content (AvgIpc) is 3.13. The Labute approximate surface area is 166 Å². The number of carbonyl (C=O) groups is 1. The lowest BCUT2D eigenvalue weighted by Gasteiger charge is -2.10. The number of hydrazone groups is 1. The quantitative estimate of drug-likeness (QED) is 0.686. The summed E-state index contributed by atoms with van der Waals surface area (Å²) in [6, 6.07) is 16.2. The average molecular weight is 393 g/mol. The van der Waals surface area contributed by atoms with Gasteiger partial charge in [0.05, 0.1) is 28.2 Å². The smallest absolute Gasteiger partial charge is 0.280 e. The lowest BCUT2D eigenvalue weighted by atomic mass is 10.1. The zero-order valence-electron chi connectivity index (χ0n) is 15.3. The van der Waals surface area contributed by atoms with Crippen molar-refractivity contribution in [3.05, 3.63) is 86.8 Å². The van der Waals surface area contributed by atoms with Gasteiger partial charge in [-0.05, 0) is 50.3 Å². The zero-order chi connectivity index (χ0) is 19.8. The summed E-state index contributed by atoms with van der Waals surface area (Å²) in [6.07, 6.45) is 1.60. The van der Waals surface area contributed by atoms with E-state index in [2.05, 4.69) is 10.2 Å². The van der Waals surface area contributed by atoms with E-state index in [0.29, 0.717) is 38.9 Å². The summed E-state index contributed by atoms with van der Waals surface area (Å²) in [6.45, 7) is 3.54. The molecule has 0 bridgehead atoms. The molecule has 140 valence electrons. The summed E-state index contributed by atoms with van der Waals surface area (Å²) in [5.74, 6) is -0.266. The van der Waals surface area contributed by atoms with E-state index in [9.17, 15) is 9.59 Å². The summed E-state index contributed by atoms with van der Waals surface area (Å²) < 4.78 is 1.41. The van der Waals surface area contributed by atoms with E-state index in [0.717, 1.165) is 0 Å². The number of halogens is 1. The Morgan fingerprint density at radius 2 is 1.71 bits per heavy atom. The van der Waals surface area contributed by atoms with Crippen molar-refractivity contribution < 1.29 is 4.79 Å². The van der Waals surface area contributed by atoms with Crippen LogP contribution in [-0.4, -0.2) is 21.4 Å². The molecule has 0 unspecified atom stereocenters. The van der Waals surface area contributed by atoms with Gasteiger partial charge in [0.2, 0.25) is 0 Å². The molecule has 2 heterocycles. The third-order valence-electron chi connectivity index (χ3n) is 4.54. The Bertz CT molecular complexity index is 1190. The normalized spacial score (nSPS) is 15.4. The number of aryl methyl sites for hydroxylation is 1. The molecule has 0 spiro atoms. The van der Waals surface area contributed by atoms with Crippen molar-refractivity contribution in [1.82, 2.24) is 9.78 Å². The van der Waals surface area contributed by atoms with E-state index in [1.807, 2.05) is 30.3 Å². The first-order valence-electron chi connectivity index (χ1n) is 8.70. The van der Waals surface area contributed by atoms with E-state index in [1.54, 1.807) is 44.2 Å². The van der Waals surface area contributed by atoms with E-state index in [-0.39, 0.29) is 11.5 Å². The van der Waals surface area contributed by atoms with Crippen LogP contribution >= 0.6 is 11.6 Å². The molecule has 1 aliphatic rings. The molecule has 1 aliphatic heterocycles. The second kappa shape index (κ2) is 6.98. The van der Waals surface area contributed by atoms with Crippen LogP contribution in [0.25, 0.3) is 11.8 Å². The highest BCUT2D eigenvalue weighted by Gasteiger charge is 2.29. The fraction of sp³-hybridized carbons (Fsp3) is 0.0952. The third-order valence-corrected chi connectivity index (χ3v) is 4.77. The maximum Gasteiger partial charge on any atom is 0.280 e.